The number of anilines is 1. The van der Waals surface area contributed by atoms with Crippen molar-refractivity contribution in [3.8, 4) is 0 Å². The molecule has 0 aliphatic carbocycles. The first kappa shape index (κ1) is 16.3. The maximum absolute atomic E-state index is 12.2. The van der Waals surface area contributed by atoms with Gasteiger partial charge in [0.15, 0.2) is 0 Å². The Kier molecular flexibility index (Phi) is 5.03. The molecule has 0 bridgehead atoms. The van der Waals surface area contributed by atoms with Gasteiger partial charge in [0.1, 0.15) is 5.60 Å². The molecule has 0 heterocycles. The van der Waals surface area contributed by atoms with Gasteiger partial charge in [-0.2, -0.15) is 0 Å². The maximum atomic E-state index is 12.2. The van der Waals surface area contributed by atoms with Gasteiger partial charge in [-0.25, -0.2) is 4.79 Å². The van der Waals surface area contributed by atoms with Crippen molar-refractivity contribution in [3.05, 3.63) is 29.3 Å². The molecule has 1 amide bonds. The number of nitrogen functional groups attached to an aromatic ring is 1. The van der Waals surface area contributed by atoms with Gasteiger partial charge in [0, 0.05) is 18.3 Å². The van der Waals surface area contributed by atoms with Gasteiger partial charge in [-0.05, 0) is 64.8 Å². The van der Waals surface area contributed by atoms with Crippen LogP contribution in [0.25, 0.3) is 0 Å². The lowest BCUT2D eigenvalue weighted by Gasteiger charge is -2.30. The predicted molar refractivity (Wildman–Crippen MR) is 82.5 cm³/mol. The summed E-state index contributed by atoms with van der Waals surface area (Å²) < 4.78 is 5.45. The first-order chi connectivity index (χ1) is 9.08. The Bertz CT molecular complexity index is 456. The SMILES string of the molecule is Cc1cc(N)cc(CN(C(=O)OC(C)(C)C)C(C)C)c1. The number of amides is 1. The van der Waals surface area contributed by atoms with Crippen LogP contribution >= 0.6 is 0 Å². The van der Waals surface area contributed by atoms with Crippen molar-refractivity contribution in [2.24, 2.45) is 0 Å². The Balaban J connectivity index is 2.90. The van der Waals surface area contributed by atoms with Crippen molar-refractivity contribution in [1.29, 1.82) is 0 Å². The van der Waals surface area contributed by atoms with E-state index >= 15 is 0 Å². The van der Waals surface area contributed by atoms with E-state index in [1.807, 2.05) is 59.7 Å². The fraction of sp³-hybridized carbons (Fsp3) is 0.562. The molecule has 0 aliphatic rings. The summed E-state index contributed by atoms with van der Waals surface area (Å²) in [6, 6.07) is 5.91. The van der Waals surface area contributed by atoms with E-state index in [0.717, 1.165) is 11.1 Å². The lowest BCUT2D eigenvalue weighted by molar-refractivity contribution is 0.0172. The van der Waals surface area contributed by atoms with Crippen LogP contribution < -0.4 is 5.73 Å². The molecule has 0 radical (unpaired) electrons. The lowest BCUT2D eigenvalue weighted by atomic mass is 10.1. The molecule has 1 aromatic rings. The number of rotatable bonds is 3. The van der Waals surface area contributed by atoms with E-state index in [2.05, 4.69) is 0 Å². The number of ether oxygens (including phenoxy) is 1. The minimum atomic E-state index is -0.490. The summed E-state index contributed by atoms with van der Waals surface area (Å²) >= 11 is 0. The van der Waals surface area contributed by atoms with Gasteiger partial charge in [0.25, 0.3) is 0 Å². The first-order valence-electron chi connectivity index (χ1n) is 6.94. The van der Waals surface area contributed by atoms with Gasteiger partial charge in [0.05, 0.1) is 0 Å². The average molecular weight is 278 g/mol. The summed E-state index contributed by atoms with van der Waals surface area (Å²) in [6.07, 6.45) is -0.299. The summed E-state index contributed by atoms with van der Waals surface area (Å²) in [7, 11) is 0. The fourth-order valence-corrected chi connectivity index (χ4v) is 1.96. The van der Waals surface area contributed by atoms with Crippen LogP contribution in [0.5, 0.6) is 0 Å². The van der Waals surface area contributed by atoms with E-state index in [9.17, 15) is 4.79 Å². The second-order valence-electron chi connectivity index (χ2n) is 6.45. The van der Waals surface area contributed by atoms with Crippen LogP contribution in [0.15, 0.2) is 18.2 Å². The van der Waals surface area contributed by atoms with Crippen LogP contribution in [0.3, 0.4) is 0 Å². The topological polar surface area (TPSA) is 55.6 Å². The molecule has 0 saturated carbocycles. The van der Waals surface area contributed by atoms with Crippen molar-refractivity contribution in [1.82, 2.24) is 4.90 Å². The molecule has 4 heteroatoms. The van der Waals surface area contributed by atoms with E-state index in [-0.39, 0.29) is 12.1 Å². The number of hydrogen-bond acceptors (Lipinski definition) is 3. The van der Waals surface area contributed by atoms with Gasteiger partial charge >= 0.3 is 6.09 Å². The summed E-state index contributed by atoms with van der Waals surface area (Å²) in [6.45, 7) is 12.0. The molecule has 0 aromatic heterocycles. The summed E-state index contributed by atoms with van der Waals surface area (Å²) in [5.74, 6) is 0. The zero-order valence-electron chi connectivity index (χ0n) is 13.4. The average Bonchev–Trinajstić information content (AvgIpc) is 2.21. The van der Waals surface area contributed by atoms with Crippen LogP contribution in [0.1, 0.15) is 45.7 Å². The molecule has 1 rings (SSSR count). The Morgan fingerprint density at radius 2 is 1.90 bits per heavy atom. The highest BCUT2D eigenvalue weighted by molar-refractivity contribution is 5.68. The maximum Gasteiger partial charge on any atom is 0.410 e. The Labute approximate surface area is 121 Å². The van der Waals surface area contributed by atoms with Gasteiger partial charge < -0.3 is 15.4 Å². The summed E-state index contributed by atoms with van der Waals surface area (Å²) in [5.41, 5.74) is 8.19. The van der Waals surface area contributed by atoms with Crippen molar-refractivity contribution in [3.63, 3.8) is 0 Å². The molecule has 0 atom stereocenters. The first-order valence-corrected chi connectivity index (χ1v) is 6.94. The predicted octanol–water partition coefficient (Wildman–Crippen LogP) is 3.72. The highest BCUT2D eigenvalue weighted by atomic mass is 16.6. The van der Waals surface area contributed by atoms with Gasteiger partial charge in [-0.3, -0.25) is 0 Å². The zero-order valence-corrected chi connectivity index (χ0v) is 13.4. The number of carbonyl (C=O) groups is 1. The van der Waals surface area contributed by atoms with E-state index in [0.29, 0.717) is 12.2 Å². The van der Waals surface area contributed by atoms with Crippen LogP contribution in [-0.4, -0.2) is 22.6 Å². The largest absolute Gasteiger partial charge is 0.444 e. The summed E-state index contributed by atoms with van der Waals surface area (Å²) in [5, 5.41) is 0. The number of benzene rings is 1. The van der Waals surface area contributed by atoms with E-state index in [1.165, 1.54) is 0 Å². The molecule has 20 heavy (non-hydrogen) atoms. The number of nitrogens with zero attached hydrogens (tertiary/aromatic N) is 1. The molecule has 4 nitrogen and oxygen atoms in total. The second-order valence-corrected chi connectivity index (χ2v) is 6.45. The van der Waals surface area contributed by atoms with Crippen LogP contribution in [0.4, 0.5) is 10.5 Å². The molecule has 2 N–H and O–H groups in total. The third-order valence-electron chi connectivity index (χ3n) is 2.76. The molecule has 0 fully saturated rings. The van der Waals surface area contributed by atoms with Crippen LogP contribution in [0.2, 0.25) is 0 Å². The van der Waals surface area contributed by atoms with E-state index < -0.39 is 5.60 Å². The standard InChI is InChI=1S/C16H26N2O2/c1-11(2)18(15(19)20-16(4,5)6)10-13-7-12(3)8-14(17)9-13/h7-9,11H,10,17H2,1-6H3. The lowest BCUT2D eigenvalue weighted by Crippen LogP contribution is -2.40. The molecule has 0 unspecified atom stereocenters. The number of carbonyl (C=O) groups excluding carboxylic acids is 1. The molecule has 0 aliphatic heterocycles. The van der Waals surface area contributed by atoms with Gasteiger partial charge in [0.2, 0.25) is 0 Å². The Hall–Kier alpha value is -1.71. The molecule has 112 valence electrons. The number of hydrogen-bond donors (Lipinski definition) is 1. The molecular formula is C16H26N2O2. The Morgan fingerprint density at radius 3 is 2.35 bits per heavy atom. The normalized spacial score (nSPS) is 11.6. The molecule has 0 spiro atoms. The highest BCUT2D eigenvalue weighted by Gasteiger charge is 2.24. The molecule has 1 aromatic carbocycles. The number of nitrogens with two attached hydrogens (primary N) is 1. The highest BCUT2D eigenvalue weighted by Crippen LogP contribution is 2.17. The van der Waals surface area contributed by atoms with Crippen molar-refractivity contribution in [2.45, 2.75) is 59.7 Å². The smallest absolute Gasteiger partial charge is 0.410 e. The van der Waals surface area contributed by atoms with Gasteiger partial charge in [-0.15, -0.1) is 0 Å². The van der Waals surface area contributed by atoms with Crippen LogP contribution in [0, 0.1) is 6.92 Å². The minimum absolute atomic E-state index is 0.0617. The van der Waals surface area contributed by atoms with Crippen molar-refractivity contribution < 1.29 is 9.53 Å². The third-order valence-corrected chi connectivity index (χ3v) is 2.76. The fourth-order valence-electron chi connectivity index (χ4n) is 1.96. The molecular weight excluding hydrogens is 252 g/mol. The van der Waals surface area contributed by atoms with Crippen molar-refractivity contribution in [2.75, 3.05) is 5.73 Å². The van der Waals surface area contributed by atoms with E-state index in [1.54, 1.807) is 4.90 Å². The minimum Gasteiger partial charge on any atom is -0.444 e. The second kappa shape index (κ2) is 6.16. The monoisotopic (exact) mass is 278 g/mol. The van der Waals surface area contributed by atoms with Crippen molar-refractivity contribution >= 4 is 11.8 Å². The Morgan fingerprint density at radius 1 is 1.30 bits per heavy atom. The summed E-state index contributed by atoms with van der Waals surface area (Å²) in [4.78, 5) is 14.0. The van der Waals surface area contributed by atoms with E-state index in [4.69, 9.17) is 10.5 Å². The number of aryl methyl sites for hydroxylation is 1. The quantitative estimate of drug-likeness (QED) is 0.857. The molecule has 0 saturated heterocycles. The zero-order chi connectivity index (χ0) is 15.5. The van der Waals surface area contributed by atoms with Crippen LogP contribution in [-0.2, 0) is 11.3 Å². The van der Waals surface area contributed by atoms with Gasteiger partial charge in [-0.1, -0.05) is 6.07 Å². The third kappa shape index (κ3) is 5.11.